The van der Waals surface area contributed by atoms with Crippen LogP contribution in [-0.2, 0) is 0 Å². The molecule has 0 aliphatic heterocycles. The summed E-state index contributed by atoms with van der Waals surface area (Å²) in [5.74, 6) is 0.499. The molecule has 4 N–H and O–H groups in total. The minimum Gasteiger partial charge on any atom is -0.508 e. The van der Waals surface area contributed by atoms with E-state index in [4.69, 9.17) is 5.73 Å². The van der Waals surface area contributed by atoms with E-state index in [1.165, 1.54) is 24.5 Å². The van der Waals surface area contributed by atoms with E-state index in [1.54, 1.807) is 6.20 Å². The molecule has 0 aliphatic rings. The smallest absolute Gasteiger partial charge is 0.134 e. The Morgan fingerprint density at radius 2 is 1.72 bits per heavy atom. The van der Waals surface area contributed by atoms with Crippen molar-refractivity contribution in [1.29, 1.82) is 0 Å². The number of phenols is 2. The first-order valence-electron chi connectivity index (χ1n) is 7.61. The number of fused-ring (bicyclic) bond motifs is 1. The number of nitrogens with two attached hydrogens (primary N) is 1. The molecule has 2 heterocycles. The van der Waals surface area contributed by atoms with Crippen molar-refractivity contribution in [3.05, 3.63) is 61.1 Å². The third-order valence-corrected chi connectivity index (χ3v) is 4.02. The van der Waals surface area contributed by atoms with Crippen LogP contribution in [0, 0.1) is 0 Å². The molecule has 4 rings (SSSR count). The SMILES string of the molecule is Nc1ncnc2ccc(-c3cccnc3-c3cc(O)ccc3O)cc12. The molecule has 0 saturated carbocycles. The van der Waals surface area contributed by atoms with E-state index >= 15 is 0 Å². The van der Waals surface area contributed by atoms with Crippen molar-refractivity contribution < 1.29 is 10.2 Å². The lowest BCUT2D eigenvalue weighted by Crippen LogP contribution is -1.94. The number of nitrogen functional groups attached to an aromatic ring is 1. The highest BCUT2D eigenvalue weighted by Crippen LogP contribution is 2.37. The molecule has 0 atom stereocenters. The predicted octanol–water partition coefficient (Wildman–Crippen LogP) is 3.35. The molecule has 0 fully saturated rings. The lowest BCUT2D eigenvalue weighted by atomic mass is 9.97. The van der Waals surface area contributed by atoms with Crippen LogP contribution in [0.25, 0.3) is 33.3 Å². The maximum Gasteiger partial charge on any atom is 0.134 e. The molecule has 0 unspecified atom stereocenters. The van der Waals surface area contributed by atoms with Crippen LogP contribution in [0.1, 0.15) is 0 Å². The first-order chi connectivity index (χ1) is 12.1. The fraction of sp³-hybridized carbons (Fsp3) is 0. The zero-order valence-corrected chi connectivity index (χ0v) is 13.1. The summed E-state index contributed by atoms with van der Waals surface area (Å²) in [5, 5.41) is 20.7. The van der Waals surface area contributed by atoms with Gasteiger partial charge in [0.2, 0.25) is 0 Å². The zero-order valence-electron chi connectivity index (χ0n) is 13.1. The first-order valence-corrected chi connectivity index (χ1v) is 7.61. The summed E-state index contributed by atoms with van der Waals surface area (Å²) in [4.78, 5) is 12.6. The van der Waals surface area contributed by atoms with Gasteiger partial charge in [0.1, 0.15) is 23.6 Å². The van der Waals surface area contributed by atoms with Gasteiger partial charge >= 0.3 is 0 Å². The third-order valence-electron chi connectivity index (χ3n) is 4.02. The van der Waals surface area contributed by atoms with Gasteiger partial charge in [-0.1, -0.05) is 12.1 Å². The monoisotopic (exact) mass is 330 g/mol. The normalized spacial score (nSPS) is 10.9. The van der Waals surface area contributed by atoms with Gasteiger partial charge in [-0.3, -0.25) is 4.98 Å². The molecule has 2 aromatic heterocycles. The second kappa shape index (κ2) is 5.76. The molecule has 0 saturated heterocycles. The molecular weight excluding hydrogens is 316 g/mol. The fourth-order valence-electron chi connectivity index (χ4n) is 2.81. The number of rotatable bonds is 2. The summed E-state index contributed by atoms with van der Waals surface area (Å²) in [6.45, 7) is 0. The number of hydrogen-bond donors (Lipinski definition) is 3. The van der Waals surface area contributed by atoms with Gasteiger partial charge in [0, 0.05) is 22.7 Å². The van der Waals surface area contributed by atoms with Crippen molar-refractivity contribution in [2.24, 2.45) is 0 Å². The van der Waals surface area contributed by atoms with Crippen molar-refractivity contribution in [3.8, 4) is 33.9 Å². The van der Waals surface area contributed by atoms with E-state index in [1.807, 2.05) is 30.3 Å². The van der Waals surface area contributed by atoms with Crippen LogP contribution >= 0.6 is 0 Å². The van der Waals surface area contributed by atoms with Gasteiger partial charge in [-0.15, -0.1) is 0 Å². The van der Waals surface area contributed by atoms with Crippen LogP contribution in [0.15, 0.2) is 61.1 Å². The van der Waals surface area contributed by atoms with Gasteiger partial charge < -0.3 is 15.9 Å². The van der Waals surface area contributed by atoms with Gasteiger partial charge in [-0.05, 0) is 42.0 Å². The molecule has 122 valence electrons. The van der Waals surface area contributed by atoms with Crippen LogP contribution in [0.2, 0.25) is 0 Å². The molecule has 0 radical (unpaired) electrons. The summed E-state index contributed by atoms with van der Waals surface area (Å²) >= 11 is 0. The molecule has 25 heavy (non-hydrogen) atoms. The highest BCUT2D eigenvalue weighted by Gasteiger charge is 2.14. The average Bonchev–Trinajstić information content (AvgIpc) is 2.64. The van der Waals surface area contributed by atoms with E-state index in [-0.39, 0.29) is 11.5 Å². The molecule has 2 aromatic carbocycles. The number of aromatic hydroxyl groups is 2. The maximum absolute atomic E-state index is 10.2. The largest absolute Gasteiger partial charge is 0.508 e. The minimum absolute atomic E-state index is 0.0430. The van der Waals surface area contributed by atoms with Crippen molar-refractivity contribution in [1.82, 2.24) is 15.0 Å². The number of hydrogen-bond acceptors (Lipinski definition) is 6. The zero-order chi connectivity index (χ0) is 17.4. The molecule has 6 heteroatoms. The Morgan fingerprint density at radius 3 is 2.60 bits per heavy atom. The fourth-order valence-corrected chi connectivity index (χ4v) is 2.81. The Balaban J connectivity index is 1.96. The van der Waals surface area contributed by atoms with Gasteiger partial charge in [0.25, 0.3) is 0 Å². The second-order valence-corrected chi connectivity index (χ2v) is 5.59. The average molecular weight is 330 g/mol. The molecule has 0 bridgehead atoms. The first kappa shape index (κ1) is 14.9. The summed E-state index contributed by atoms with van der Waals surface area (Å²) in [7, 11) is 0. The summed E-state index contributed by atoms with van der Waals surface area (Å²) < 4.78 is 0. The lowest BCUT2D eigenvalue weighted by molar-refractivity contribution is 0.461. The Morgan fingerprint density at radius 1 is 0.840 bits per heavy atom. The molecule has 6 nitrogen and oxygen atoms in total. The van der Waals surface area contributed by atoms with Gasteiger partial charge in [0.05, 0.1) is 11.2 Å². The summed E-state index contributed by atoms with van der Waals surface area (Å²) in [6.07, 6.45) is 3.07. The Hall–Kier alpha value is -3.67. The summed E-state index contributed by atoms with van der Waals surface area (Å²) in [5.41, 5.74) is 9.38. The van der Waals surface area contributed by atoms with Crippen molar-refractivity contribution >= 4 is 16.7 Å². The van der Waals surface area contributed by atoms with Crippen LogP contribution in [0.5, 0.6) is 11.5 Å². The van der Waals surface area contributed by atoms with E-state index in [0.29, 0.717) is 17.1 Å². The van der Waals surface area contributed by atoms with E-state index < -0.39 is 0 Å². The van der Waals surface area contributed by atoms with Crippen molar-refractivity contribution in [2.75, 3.05) is 5.73 Å². The highest BCUT2D eigenvalue weighted by molar-refractivity contribution is 5.94. The van der Waals surface area contributed by atoms with Gasteiger partial charge in [0.15, 0.2) is 0 Å². The number of benzene rings is 2. The van der Waals surface area contributed by atoms with E-state index in [9.17, 15) is 10.2 Å². The van der Waals surface area contributed by atoms with Crippen LogP contribution in [0.3, 0.4) is 0 Å². The molecule has 4 aromatic rings. The highest BCUT2D eigenvalue weighted by atomic mass is 16.3. The topological polar surface area (TPSA) is 105 Å². The van der Waals surface area contributed by atoms with Crippen LogP contribution in [-0.4, -0.2) is 25.2 Å². The van der Waals surface area contributed by atoms with E-state index in [0.717, 1.165) is 22.0 Å². The number of phenolic OH excluding ortho intramolecular Hbond substituents is 2. The van der Waals surface area contributed by atoms with Crippen molar-refractivity contribution in [3.63, 3.8) is 0 Å². The van der Waals surface area contributed by atoms with Gasteiger partial charge in [-0.2, -0.15) is 0 Å². The predicted molar refractivity (Wildman–Crippen MR) is 95.9 cm³/mol. The number of pyridine rings is 1. The Bertz CT molecular complexity index is 1100. The van der Waals surface area contributed by atoms with Crippen LogP contribution in [0.4, 0.5) is 5.82 Å². The molecular formula is C19H14N4O2. The number of aromatic nitrogens is 3. The maximum atomic E-state index is 10.2. The number of nitrogens with zero attached hydrogens (tertiary/aromatic N) is 3. The molecule has 0 aliphatic carbocycles. The third kappa shape index (κ3) is 2.59. The number of anilines is 1. The Kier molecular flexibility index (Phi) is 3.43. The second-order valence-electron chi connectivity index (χ2n) is 5.59. The molecule has 0 spiro atoms. The minimum atomic E-state index is 0.0430. The van der Waals surface area contributed by atoms with Gasteiger partial charge in [-0.25, -0.2) is 9.97 Å². The Labute approximate surface area is 143 Å². The quantitative estimate of drug-likeness (QED) is 0.487. The van der Waals surface area contributed by atoms with Crippen molar-refractivity contribution in [2.45, 2.75) is 0 Å². The summed E-state index contributed by atoms with van der Waals surface area (Å²) in [6, 6.07) is 13.7. The lowest BCUT2D eigenvalue weighted by Gasteiger charge is -2.11. The molecule has 0 amide bonds. The van der Waals surface area contributed by atoms with E-state index in [2.05, 4.69) is 15.0 Å². The standard InChI is InChI=1S/C19H14N4O2/c20-19-14-8-11(3-5-16(14)22-10-23-19)13-2-1-7-21-18(13)15-9-12(24)4-6-17(15)25/h1-10,24-25H,(H2,20,22,23). The van der Waals surface area contributed by atoms with Crippen LogP contribution < -0.4 is 5.73 Å².